The van der Waals surface area contributed by atoms with Crippen molar-refractivity contribution in [2.45, 2.75) is 0 Å². The van der Waals surface area contributed by atoms with Gasteiger partial charge in [-0.1, -0.05) is 164 Å². The van der Waals surface area contributed by atoms with E-state index in [1.54, 1.807) is 0 Å². The number of rotatable bonds is 7. The fraction of sp³-hybridized carbons (Fsp3) is 0. The van der Waals surface area contributed by atoms with Crippen molar-refractivity contribution in [3.8, 4) is 39.1 Å². The lowest BCUT2D eigenvalue weighted by Gasteiger charge is -2.28. The number of aromatic nitrogens is 1. The summed E-state index contributed by atoms with van der Waals surface area (Å²) in [4.78, 5) is 2.38. The molecule has 2 heteroatoms. The highest BCUT2D eigenvalue weighted by Gasteiger charge is 2.18. The zero-order valence-electron chi connectivity index (χ0n) is 29.7. The van der Waals surface area contributed by atoms with Crippen LogP contribution in [0.1, 0.15) is 0 Å². The number of anilines is 3. The summed E-state index contributed by atoms with van der Waals surface area (Å²) in [7, 11) is 0. The molecule has 0 atom stereocenters. The minimum atomic E-state index is 1.10. The molecule has 0 aliphatic rings. The van der Waals surface area contributed by atoms with Crippen LogP contribution in [0, 0.1) is 0 Å². The summed E-state index contributed by atoms with van der Waals surface area (Å²) in [5.74, 6) is 0. The minimum absolute atomic E-state index is 1.10. The van der Waals surface area contributed by atoms with Gasteiger partial charge >= 0.3 is 0 Å². The first kappa shape index (κ1) is 31.6. The molecule has 0 bridgehead atoms. The molecule has 1 aromatic heterocycles. The summed E-state index contributed by atoms with van der Waals surface area (Å²) < 4.78 is 2.38. The smallest absolute Gasteiger partial charge is 0.0541 e. The largest absolute Gasteiger partial charge is 0.310 e. The van der Waals surface area contributed by atoms with E-state index in [1.165, 1.54) is 66.0 Å². The number of nitrogens with zero attached hydrogens (tertiary/aromatic N) is 2. The van der Waals surface area contributed by atoms with Crippen molar-refractivity contribution in [2.75, 3.05) is 4.90 Å². The van der Waals surface area contributed by atoms with E-state index in [0.717, 1.165) is 22.7 Å². The first-order valence-corrected chi connectivity index (χ1v) is 18.5. The molecule has 1 heterocycles. The van der Waals surface area contributed by atoms with Gasteiger partial charge in [-0.2, -0.15) is 0 Å². The van der Waals surface area contributed by atoms with E-state index in [4.69, 9.17) is 0 Å². The van der Waals surface area contributed by atoms with Gasteiger partial charge in [-0.15, -0.1) is 0 Å². The molecule has 0 saturated heterocycles. The minimum Gasteiger partial charge on any atom is -0.310 e. The van der Waals surface area contributed by atoms with Crippen LogP contribution < -0.4 is 4.90 Å². The van der Waals surface area contributed by atoms with Crippen molar-refractivity contribution in [3.05, 3.63) is 218 Å². The van der Waals surface area contributed by atoms with Gasteiger partial charge in [-0.05, 0) is 93.2 Å². The maximum Gasteiger partial charge on any atom is 0.0541 e. The predicted octanol–water partition coefficient (Wildman–Crippen LogP) is 14.4. The van der Waals surface area contributed by atoms with Gasteiger partial charge in [0.25, 0.3) is 0 Å². The van der Waals surface area contributed by atoms with Crippen molar-refractivity contribution in [3.63, 3.8) is 0 Å². The lowest BCUT2D eigenvalue weighted by atomic mass is 9.97. The molecule has 0 radical (unpaired) electrons. The summed E-state index contributed by atoms with van der Waals surface area (Å²) in [6.45, 7) is 0. The lowest BCUT2D eigenvalue weighted by Crippen LogP contribution is -2.11. The van der Waals surface area contributed by atoms with E-state index in [1.807, 2.05) is 0 Å². The van der Waals surface area contributed by atoms with Gasteiger partial charge in [0, 0.05) is 33.4 Å². The molecule has 0 aliphatic carbocycles. The molecule has 10 rings (SSSR count). The van der Waals surface area contributed by atoms with Gasteiger partial charge in [-0.3, -0.25) is 0 Å². The molecule has 0 spiro atoms. The van der Waals surface area contributed by atoms with Gasteiger partial charge in [0.2, 0.25) is 0 Å². The van der Waals surface area contributed by atoms with Crippen LogP contribution >= 0.6 is 0 Å². The zero-order chi connectivity index (χ0) is 35.8. The molecule has 0 saturated carbocycles. The van der Waals surface area contributed by atoms with Crippen LogP contribution in [0.25, 0.3) is 71.6 Å². The fourth-order valence-electron chi connectivity index (χ4n) is 8.05. The highest BCUT2D eigenvalue weighted by atomic mass is 15.1. The van der Waals surface area contributed by atoms with Crippen molar-refractivity contribution >= 4 is 49.6 Å². The van der Waals surface area contributed by atoms with Crippen LogP contribution in [0.15, 0.2) is 218 Å². The molecule has 254 valence electrons. The number of fused-ring (bicyclic) bond motifs is 4. The lowest BCUT2D eigenvalue weighted by molar-refractivity contribution is 1.18. The normalized spacial score (nSPS) is 11.3. The molecule has 0 amide bonds. The molecule has 2 nitrogen and oxygen atoms in total. The number of benzene rings is 9. The van der Waals surface area contributed by atoms with E-state index in [2.05, 4.69) is 228 Å². The average Bonchev–Trinajstić information content (AvgIpc) is 3.59. The molecule has 54 heavy (non-hydrogen) atoms. The zero-order valence-corrected chi connectivity index (χ0v) is 29.7. The Hall–Kier alpha value is -7.16. The molecule has 0 fully saturated rings. The Kier molecular flexibility index (Phi) is 7.85. The van der Waals surface area contributed by atoms with Crippen molar-refractivity contribution in [1.29, 1.82) is 0 Å². The number of para-hydroxylation sites is 3. The van der Waals surface area contributed by atoms with Gasteiger partial charge in [0.05, 0.1) is 16.7 Å². The summed E-state index contributed by atoms with van der Waals surface area (Å²) >= 11 is 0. The summed E-state index contributed by atoms with van der Waals surface area (Å²) in [5, 5.41) is 5.04. The Bertz CT molecular complexity index is 2860. The Balaban J connectivity index is 1.06. The Morgan fingerprint density at radius 3 is 1.54 bits per heavy atom. The first-order chi connectivity index (χ1) is 26.8. The molecule has 0 unspecified atom stereocenters. The van der Waals surface area contributed by atoms with Crippen LogP contribution in [0.5, 0.6) is 0 Å². The quantitative estimate of drug-likeness (QED) is 0.162. The second-order valence-electron chi connectivity index (χ2n) is 13.8. The SMILES string of the molecule is c1ccc(-c2ccccc2N(c2ccc(-c3cccc(-n4c5ccccc5c5ccccc54)c3)cc2)c2ccc(-c3cccc4ccccc34)cc2)cc1. The van der Waals surface area contributed by atoms with Crippen LogP contribution in [-0.4, -0.2) is 4.57 Å². The van der Waals surface area contributed by atoms with E-state index in [-0.39, 0.29) is 0 Å². The third kappa shape index (κ3) is 5.53. The Morgan fingerprint density at radius 1 is 0.315 bits per heavy atom. The molecule has 0 aliphatic heterocycles. The summed E-state index contributed by atoms with van der Waals surface area (Å²) in [6.07, 6.45) is 0. The van der Waals surface area contributed by atoms with E-state index in [0.29, 0.717) is 0 Å². The topological polar surface area (TPSA) is 8.17 Å². The van der Waals surface area contributed by atoms with Crippen molar-refractivity contribution < 1.29 is 0 Å². The summed E-state index contributed by atoms with van der Waals surface area (Å²) in [5.41, 5.74) is 14.1. The van der Waals surface area contributed by atoms with E-state index >= 15 is 0 Å². The second kappa shape index (κ2) is 13.4. The van der Waals surface area contributed by atoms with Crippen molar-refractivity contribution in [2.24, 2.45) is 0 Å². The van der Waals surface area contributed by atoms with Gasteiger partial charge < -0.3 is 9.47 Å². The number of hydrogen-bond acceptors (Lipinski definition) is 1. The highest BCUT2D eigenvalue weighted by Crippen LogP contribution is 2.42. The van der Waals surface area contributed by atoms with Gasteiger partial charge in [0.15, 0.2) is 0 Å². The van der Waals surface area contributed by atoms with Gasteiger partial charge in [-0.25, -0.2) is 0 Å². The van der Waals surface area contributed by atoms with Gasteiger partial charge in [0.1, 0.15) is 0 Å². The van der Waals surface area contributed by atoms with Crippen LogP contribution in [0.2, 0.25) is 0 Å². The summed E-state index contributed by atoms with van der Waals surface area (Å²) in [6, 6.07) is 78.8. The predicted molar refractivity (Wildman–Crippen MR) is 229 cm³/mol. The third-order valence-corrected chi connectivity index (χ3v) is 10.6. The third-order valence-electron chi connectivity index (χ3n) is 10.6. The molecule has 9 aromatic carbocycles. The van der Waals surface area contributed by atoms with E-state index < -0.39 is 0 Å². The van der Waals surface area contributed by atoms with Crippen molar-refractivity contribution in [1.82, 2.24) is 4.57 Å². The molecular weight excluding hydrogens is 653 g/mol. The first-order valence-electron chi connectivity index (χ1n) is 18.5. The second-order valence-corrected chi connectivity index (χ2v) is 13.8. The molecule has 0 N–H and O–H groups in total. The monoisotopic (exact) mass is 688 g/mol. The number of hydrogen-bond donors (Lipinski definition) is 0. The Labute approximate surface area is 315 Å². The highest BCUT2D eigenvalue weighted by molar-refractivity contribution is 6.09. The van der Waals surface area contributed by atoms with Crippen LogP contribution in [-0.2, 0) is 0 Å². The molecular formula is C52H36N2. The standard InChI is InChI=1S/C52H36N2/c1-2-14-39(15-3-1)47-21-6-9-25-50(47)53(43-34-30-40(31-35-43)46-24-13-17-38-16-4-5-20-45(38)46)42-32-28-37(29-33-42)41-18-12-19-44(36-41)54-51-26-10-7-22-48(51)49-23-8-11-27-52(49)54/h1-36H. The fourth-order valence-corrected chi connectivity index (χ4v) is 8.05. The maximum atomic E-state index is 2.38. The average molecular weight is 689 g/mol. The van der Waals surface area contributed by atoms with Crippen LogP contribution in [0.3, 0.4) is 0 Å². The molecule has 10 aromatic rings. The van der Waals surface area contributed by atoms with E-state index in [9.17, 15) is 0 Å². The maximum absolute atomic E-state index is 2.38. The Morgan fingerprint density at radius 2 is 0.815 bits per heavy atom. The van der Waals surface area contributed by atoms with Crippen LogP contribution in [0.4, 0.5) is 17.1 Å².